The molecule has 2 saturated heterocycles. The number of rotatable bonds is 4. The van der Waals surface area contributed by atoms with Gasteiger partial charge in [0.15, 0.2) is 0 Å². The molecule has 3 heterocycles. The number of hydrogen-bond donors (Lipinski definition) is 1. The SMILES string of the molecule is CN1CCN(C(=O)C[C@@H]2CC[C@@H]3[C@H](COc4ccc(NC(=O)C5CC5)cc4C(=O)N3C)O2)CC1. The Labute approximate surface area is 200 Å². The van der Waals surface area contributed by atoms with Crippen molar-refractivity contribution >= 4 is 23.4 Å². The number of carbonyl (C=O) groups excluding carboxylic acids is 3. The maximum absolute atomic E-state index is 13.3. The Kier molecular flexibility index (Phi) is 6.48. The second kappa shape index (κ2) is 9.54. The molecule has 1 aliphatic carbocycles. The molecule has 34 heavy (non-hydrogen) atoms. The van der Waals surface area contributed by atoms with Crippen molar-refractivity contribution in [3.63, 3.8) is 0 Å². The predicted octanol–water partition coefficient (Wildman–Crippen LogP) is 1.58. The molecule has 3 aliphatic heterocycles. The number of benzene rings is 1. The number of fused-ring (bicyclic) bond motifs is 2. The predicted molar refractivity (Wildman–Crippen MR) is 126 cm³/mol. The van der Waals surface area contributed by atoms with Crippen LogP contribution in [0.25, 0.3) is 0 Å². The summed E-state index contributed by atoms with van der Waals surface area (Å²) >= 11 is 0. The molecule has 1 saturated carbocycles. The Morgan fingerprint density at radius 3 is 2.56 bits per heavy atom. The molecule has 1 aromatic carbocycles. The van der Waals surface area contributed by atoms with Crippen molar-refractivity contribution in [2.75, 3.05) is 52.2 Å². The van der Waals surface area contributed by atoms with Gasteiger partial charge in [0.05, 0.1) is 24.1 Å². The maximum Gasteiger partial charge on any atom is 0.257 e. The average molecular weight is 471 g/mol. The third-order valence-corrected chi connectivity index (χ3v) is 7.49. The van der Waals surface area contributed by atoms with Gasteiger partial charge in [0, 0.05) is 44.8 Å². The van der Waals surface area contributed by atoms with Crippen LogP contribution in [0.1, 0.15) is 42.5 Å². The van der Waals surface area contributed by atoms with Gasteiger partial charge in [-0.2, -0.15) is 0 Å². The van der Waals surface area contributed by atoms with Crippen molar-refractivity contribution < 1.29 is 23.9 Å². The van der Waals surface area contributed by atoms with Crippen LogP contribution in [0.5, 0.6) is 5.75 Å². The maximum atomic E-state index is 13.3. The third kappa shape index (κ3) is 4.90. The van der Waals surface area contributed by atoms with Crippen LogP contribution < -0.4 is 10.1 Å². The summed E-state index contributed by atoms with van der Waals surface area (Å²) < 4.78 is 12.3. The Morgan fingerprint density at radius 1 is 1.06 bits per heavy atom. The number of nitrogens with zero attached hydrogens (tertiary/aromatic N) is 3. The minimum Gasteiger partial charge on any atom is -0.490 e. The van der Waals surface area contributed by atoms with Crippen LogP contribution in [0.3, 0.4) is 0 Å². The summed E-state index contributed by atoms with van der Waals surface area (Å²) in [6.45, 7) is 3.62. The molecular weight excluding hydrogens is 436 g/mol. The lowest BCUT2D eigenvalue weighted by Crippen LogP contribution is -2.54. The van der Waals surface area contributed by atoms with Gasteiger partial charge in [-0.1, -0.05) is 0 Å². The second-order valence-corrected chi connectivity index (χ2v) is 10.0. The summed E-state index contributed by atoms with van der Waals surface area (Å²) in [5.41, 5.74) is 1.06. The van der Waals surface area contributed by atoms with Crippen molar-refractivity contribution in [3.8, 4) is 5.75 Å². The molecule has 3 amide bonds. The van der Waals surface area contributed by atoms with E-state index < -0.39 is 0 Å². The molecule has 9 nitrogen and oxygen atoms in total. The van der Waals surface area contributed by atoms with Gasteiger partial charge in [-0.05, 0) is 50.9 Å². The normalized spacial score (nSPS) is 27.7. The van der Waals surface area contributed by atoms with Gasteiger partial charge in [0.25, 0.3) is 5.91 Å². The van der Waals surface area contributed by atoms with Gasteiger partial charge >= 0.3 is 0 Å². The van der Waals surface area contributed by atoms with Crippen molar-refractivity contribution in [2.45, 2.75) is 50.4 Å². The van der Waals surface area contributed by atoms with E-state index in [0.717, 1.165) is 51.9 Å². The van der Waals surface area contributed by atoms with Crippen molar-refractivity contribution in [1.82, 2.24) is 14.7 Å². The molecule has 0 spiro atoms. The highest BCUT2D eigenvalue weighted by Gasteiger charge is 2.40. The van der Waals surface area contributed by atoms with Crippen LogP contribution in [0.4, 0.5) is 5.69 Å². The number of amides is 3. The van der Waals surface area contributed by atoms with Crippen LogP contribution in [-0.4, -0.2) is 97.6 Å². The fourth-order valence-electron chi connectivity index (χ4n) is 5.07. The van der Waals surface area contributed by atoms with Crippen LogP contribution in [0.15, 0.2) is 18.2 Å². The van der Waals surface area contributed by atoms with Crippen LogP contribution in [0, 0.1) is 5.92 Å². The summed E-state index contributed by atoms with van der Waals surface area (Å²) in [7, 11) is 3.87. The quantitative estimate of drug-likeness (QED) is 0.719. The van der Waals surface area contributed by atoms with Gasteiger partial charge in [-0.15, -0.1) is 0 Å². The van der Waals surface area contributed by atoms with Crippen molar-refractivity contribution in [3.05, 3.63) is 23.8 Å². The average Bonchev–Trinajstić information content (AvgIpc) is 3.68. The zero-order chi connectivity index (χ0) is 23.8. The zero-order valence-corrected chi connectivity index (χ0v) is 20.0. The number of likely N-dealkylation sites (N-methyl/N-ethyl adjacent to an activating group) is 2. The molecule has 3 fully saturated rings. The van der Waals surface area contributed by atoms with E-state index in [2.05, 4.69) is 17.3 Å². The van der Waals surface area contributed by atoms with Gasteiger partial charge < -0.3 is 29.5 Å². The number of hydrogen-bond acceptors (Lipinski definition) is 6. The number of nitrogens with one attached hydrogen (secondary N) is 1. The van der Waals surface area contributed by atoms with E-state index in [1.54, 1.807) is 30.1 Å². The molecule has 3 atom stereocenters. The Balaban J connectivity index is 1.24. The van der Waals surface area contributed by atoms with Gasteiger partial charge in [0.2, 0.25) is 11.8 Å². The Morgan fingerprint density at radius 2 is 1.82 bits per heavy atom. The largest absolute Gasteiger partial charge is 0.490 e. The van der Waals surface area contributed by atoms with E-state index in [4.69, 9.17) is 9.47 Å². The molecular formula is C25H34N4O5. The van der Waals surface area contributed by atoms with Gasteiger partial charge in [-0.25, -0.2) is 0 Å². The standard InChI is InChI=1S/C25H34N4O5/c1-27-9-11-29(12-10-27)23(30)14-18-6-7-20-22(34-18)15-33-21-8-5-17(26-24(31)16-3-4-16)13-19(21)25(32)28(20)2/h5,8,13,16,18,20,22H,3-4,6-7,9-12,14-15H2,1-2H3,(H,26,31)/t18-,20+,22-/m0/s1. The first-order valence-corrected chi connectivity index (χ1v) is 12.4. The second-order valence-electron chi connectivity index (χ2n) is 10.0. The van der Waals surface area contributed by atoms with Crippen LogP contribution in [0.2, 0.25) is 0 Å². The summed E-state index contributed by atoms with van der Waals surface area (Å²) in [6.07, 6.45) is 3.23. The fraction of sp³-hybridized carbons (Fsp3) is 0.640. The molecule has 5 rings (SSSR count). The van der Waals surface area contributed by atoms with Gasteiger partial charge in [-0.3, -0.25) is 14.4 Å². The van der Waals surface area contributed by atoms with Gasteiger partial charge in [0.1, 0.15) is 18.5 Å². The van der Waals surface area contributed by atoms with Crippen LogP contribution in [-0.2, 0) is 14.3 Å². The van der Waals surface area contributed by atoms with E-state index in [-0.39, 0.29) is 41.9 Å². The number of piperazine rings is 1. The highest BCUT2D eigenvalue weighted by atomic mass is 16.5. The number of ether oxygens (including phenoxy) is 2. The number of carbonyl (C=O) groups is 3. The lowest BCUT2D eigenvalue weighted by Gasteiger charge is -2.42. The third-order valence-electron chi connectivity index (χ3n) is 7.49. The Hall–Kier alpha value is -2.65. The highest BCUT2D eigenvalue weighted by Crippen LogP contribution is 2.34. The van der Waals surface area contributed by atoms with E-state index in [9.17, 15) is 14.4 Å². The zero-order valence-electron chi connectivity index (χ0n) is 20.0. The Bertz CT molecular complexity index is 957. The number of anilines is 1. The lowest BCUT2D eigenvalue weighted by molar-refractivity contribution is -0.144. The van der Waals surface area contributed by atoms with Crippen molar-refractivity contribution in [1.29, 1.82) is 0 Å². The first kappa shape index (κ1) is 23.1. The van der Waals surface area contributed by atoms with E-state index >= 15 is 0 Å². The van der Waals surface area contributed by atoms with E-state index in [1.807, 2.05) is 4.90 Å². The monoisotopic (exact) mass is 470 g/mol. The van der Waals surface area contributed by atoms with E-state index in [0.29, 0.717) is 30.0 Å². The molecule has 1 N–H and O–H groups in total. The molecule has 0 bridgehead atoms. The summed E-state index contributed by atoms with van der Waals surface area (Å²) in [6, 6.07) is 5.09. The molecule has 0 aromatic heterocycles. The lowest BCUT2D eigenvalue weighted by atomic mass is 9.94. The summed E-state index contributed by atoms with van der Waals surface area (Å²) in [5.74, 6) is 0.568. The molecule has 0 radical (unpaired) electrons. The summed E-state index contributed by atoms with van der Waals surface area (Å²) in [5, 5.41) is 2.91. The highest BCUT2D eigenvalue weighted by molar-refractivity contribution is 6.00. The first-order chi connectivity index (χ1) is 16.4. The topological polar surface area (TPSA) is 91.4 Å². The van der Waals surface area contributed by atoms with E-state index in [1.165, 1.54) is 0 Å². The first-order valence-electron chi connectivity index (χ1n) is 12.4. The molecule has 4 aliphatic rings. The molecule has 184 valence electrons. The smallest absolute Gasteiger partial charge is 0.257 e. The van der Waals surface area contributed by atoms with Crippen LogP contribution >= 0.6 is 0 Å². The minimum absolute atomic E-state index is 0.00502. The molecule has 9 heteroatoms. The summed E-state index contributed by atoms with van der Waals surface area (Å²) in [4.78, 5) is 44.2. The fourth-order valence-corrected chi connectivity index (χ4v) is 5.07. The molecule has 1 aromatic rings. The minimum atomic E-state index is -0.296. The van der Waals surface area contributed by atoms with Crippen molar-refractivity contribution in [2.24, 2.45) is 5.92 Å². The molecule has 0 unspecified atom stereocenters.